The standard InChI is InChI=1S/C11H17ClO2P/c1-13-15(14-2,10-6-9-12)11-7-4-3-5-8-11/h3-5,7-8H,6,9-10H2,1-2H3/q+1. The molecule has 0 saturated heterocycles. The summed E-state index contributed by atoms with van der Waals surface area (Å²) in [6.45, 7) is 0. The fourth-order valence-corrected chi connectivity index (χ4v) is 4.23. The first kappa shape index (κ1) is 12.9. The van der Waals surface area contributed by atoms with Crippen LogP contribution in [0.1, 0.15) is 6.42 Å². The van der Waals surface area contributed by atoms with Crippen LogP contribution in [0.5, 0.6) is 0 Å². The Morgan fingerprint density at radius 3 is 2.20 bits per heavy atom. The summed E-state index contributed by atoms with van der Waals surface area (Å²) >= 11 is 5.72. The van der Waals surface area contributed by atoms with Crippen LogP contribution in [0.3, 0.4) is 0 Å². The van der Waals surface area contributed by atoms with Gasteiger partial charge in [0.2, 0.25) is 0 Å². The first-order valence-corrected chi connectivity index (χ1v) is 7.24. The van der Waals surface area contributed by atoms with Gasteiger partial charge in [0.1, 0.15) is 6.16 Å². The molecule has 0 unspecified atom stereocenters. The fraction of sp³-hybridized carbons (Fsp3) is 0.455. The molecule has 1 rings (SSSR count). The van der Waals surface area contributed by atoms with Gasteiger partial charge in [0.15, 0.2) is 5.30 Å². The van der Waals surface area contributed by atoms with Gasteiger partial charge in [-0.05, 0) is 12.1 Å². The summed E-state index contributed by atoms with van der Waals surface area (Å²) in [5.41, 5.74) is 0. The Kier molecular flexibility index (Phi) is 5.55. The Morgan fingerprint density at radius 2 is 1.73 bits per heavy atom. The van der Waals surface area contributed by atoms with Crippen molar-refractivity contribution >= 4 is 24.6 Å². The van der Waals surface area contributed by atoms with E-state index in [4.69, 9.17) is 20.6 Å². The van der Waals surface area contributed by atoms with Gasteiger partial charge in [-0.1, -0.05) is 18.2 Å². The maximum absolute atomic E-state index is 5.72. The molecule has 1 aromatic carbocycles. The minimum Gasteiger partial charge on any atom is -0.204 e. The van der Waals surface area contributed by atoms with Gasteiger partial charge in [-0.15, -0.1) is 11.6 Å². The van der Waals surface area contributed by atoms with E-state index in [1.54, 1.807) is 14.2 Å². The van der Waals surface area contributed by atoms with Gasteiger partial charge in [0, 0.05) is 12.3 Å². The average molecular weight is 248 g/mol. The molecule has 15 heavy (non-hydrogen) atoms. The van der Waals surface area contributed by atoms with E-state index >= 15 is 0 Å². The third-order valence-corrected chi connectivity index (χ3v) is 5.76. The third-order valence-electron chi connectivity index (χ3n) is 2.33. The van der Waals surface area contributed by atoms with Gasteiger partial charge in [0.25, 0.3) is 0 Å². The monoisotopic (exact) mass is 247 g/mol. The number of halogens is 1. The van der Waals surface area contributed by atoms with E-state index < -0.39 is 7.72 Å². The highest BCUT2D eigenvalue weighted by atomic mass is 35.5. The molecule has 4 heteroatoms. The lowest BCUT2D eigenvalue weighted by Crippen LogP contribution is -2.17. The van der Waals surface area contributed by atoms with E-state index in [1.165, 1.54) is 0 Å². The molecule has 0 aliphatic carbocycles. The molecular weight excluding hydrogens is 231 g/mol. The van der Waals surface area contributed by atoms with E-state index in [9.17, 15) is 0 Å². The van der Waals surface area contributed by atoms with Gasteiger partial charge >= 0.3 is 7.72 Å². The zero-order chi connectivity index (χ0) is 11.1. The lowest BCUT2D eigenvalue weighted by atomic mass is 10.4. The number of hydrogen-bond acceptors (Lipinski definition) is 2. The normalized spacial score (nSPS) is 11.7. The molecule has 0 N–H and O–H groups in total. The molecular formula is C11H17ClO2P+. The van der Waals surface area contributed by atoms with Crippen molar-refractivity contribution in [1.82, 2.24) is 0 Å². The number of hydrogen-bond donors (Lipinski definition) is 0. The number of benzene rings is 1. The van der Waals surface area contributed by atoms with Crippen molar-refractivity contribution in [3.63, 3.8) is 0 Å². The Balaban J connectivity index is 2.89. The molecule has 1 aromatic rings. The minimum absolute atomic E-state index is 0.640. The van der Waals surface area contributed by atoms with Crippen LogP contribution in [0.25, 0.3) is 0 Å². The molecule has 0 heterocycles. The van der Waals surface area contributed by atoms with Gasteiger partial charge in [-0.25, -0.2) is 9.05 Å². The molecule has 0 aliphatic heterocycles. The molecule has 84 valence electrons. The Morgan fingerprint density at radius 1 is 1.13 bits per heavy atom. The van der Waals surface area contributed by atoms with Crippen molar-refractivity contribution in [2.24, 2.45) is 0 Å². The Labute approximate surface area is 97.0 Å². The molecule has 0 aromatic heterocycles. The highest BCUT2D eigenvalue weighted by Gasteiger charge is 2.41. The van der Waals surface area contributed by atoms with Crippen LogP contribution in [0.4, 0.5) is 0 Å². The first-order valence-electron chi connectivity index (χ1n) is 4.90. The van der Waals surface area contributed by atoms with Gasteiger partial charge in [-0.2, -0.15) is 0 Å². The molecule has 0 aliphatic rings. The largest absolute Gasteiger partial charge is 0.306 e. The zero-order valence-electron chi connectivity index (χ0n) is 9.15. The van der Waals surface area contributed by atoms with Crippen molar-refractivity contribution in [1.29, 1.82) is 0 Å². The lowest BCUT2D eigenvalue weighted by molar-refractivity contribution is 0.326. The summed E-state index contributed by atoms with van der Waals surface area (Å²) < 4.78 is 11.2. The second-order valence-corrected chi connectivity index (χ2v) is 6.56. The highest BCUT2D eigenvalue weighted by Crippen LogP contribution is 2.58. The predicted molar refractivity (Wildman–Crippen MR) is 67.2 cm³/mol. The van der Waals surface area contributed by atoms with Crippen molar-refractivity contribution < 1.29 is 9.05 Å². The smallest absolute Gasteiger partial charge is 0.204 e. The second kappa shape index (κ2) is 6.44. The molecule has 0 saturated carbocycles. The van der Waals surface area contributed by atoms with Crippen LogP contribution in [0, 0.1) is 0 Å². The van der Waals surface area contributed by atoms with Gasteiger partial charge in [-0.3, -0.25) is 0 Å². The Hall–Kier alpha value is -0.140. The summed E-state index contributed by atoms with van der Waals surface area (Å²) in [5.74, 6) is 0.640. The van der Waals surface area contributed by atoms with E-state index in [2.05, 4.69) is 12.1 Å². The van der Waals surface area contributed by atoms with Crippen molar-refractivity contribution in [2.75, 3.05) is 26.3 Å². The summed E-state index contributed by atoms with van der Waals surface area (Å²) in [4.78, 5) is 0. The highest BCUT2D eigenvalue weighted by molar-refractivity contribution is 7.74. The van der Waals surface area contributed by atoms with Crippen molar-refractivity contribution in [3.05, 3.63) is 30.3 Å². The number of rotatable bonds is 6. The topological polar surface area (TPSA) is 18.5 Å². The van der Waals surface area contributed by atoms with E-state index in [0.717, 1.165) is 17.9 Å². The lowest BCUT2D eigenvalue weighted by Gasteiger charge is -2.20. The van der Waals surface area contributed by atoms with Crippen LogP contribution in [-0.4, -0.2) is 26.3 Å². The summed E-state index contributed by atoms with van der Waals surface area (Å²) in [5, 5.41) is 1.14. The molecule has 0 radical (unpaired) electrons. The molecule has 0 atom stereocenters. The van der Waals surface area contributed by atoms with Crippen molar-refractivity contribution in [3.8, 4) is 0 Å². The van der Waals surface area contributed by atoms with Crippen LogP contribution in [0.15, 0.2) is 30.3 Å². The quantitative estimate of drug-likeness (QED) is 0.568. The summed E-state index contributed by atoms with van der Waals surface area (Å²) in [6, 6.07) is 10.1. The SMILES string of the molecule is CO[P+](CCCCl)(OC)c1ccccc1. The second-order valence-electron chi connectivity index (χ2n) is 3.14. The van der Waals surface area contributed by atoms with Crippen LogP contribution >= 0.6 is 19.3 Å². The molecule has 0 bridgehead atoms. The molecule has 2 nitrogen and oxygen atoms in total. The first-order chi connectivity index (χ1) is 7.29. The molecule has 0 spiro atoms. The van der Waals surface area contributed by atoms with E-state index in [1.807, 2.05) is 18.2 Å². The van der Waals surface area contributed by atoms with Crippen LogP contribution in [0.2, 0.25) is 0 Å². The minimum atomic E-state index is -1.91. The zero-order valence-corrected chi connectivity index (χ0v) is 10.8. The van der Waals surface area contributed by atoms with Gasteiger partial charge < -0.3 is 0 Å². The third kappa shape index (κ3) is 3.15. The van der Waals surface area contributed by atoms with Crippen LogP contribution < -0.4 is 5.30 Å². The predicted octanol–water partition coefficient (Wildman–Crippen LogP) is 3.08. The number of alkyl halides is 1. The molecule has 0 amide bonds. The maximum atomic E-state index is 5.72. The summed E-state index contributed by atoms with van der Waals surface area (Å²) in [7, 11) is 1.50. The average Bonchev–Trinajstić information content (AvgIpc) is 2.33. The maximum Gasteiger partial charge on any atom is 0.306 e. The van der Waals surface area contributed by atoms with Crippen molar-refractivity contribution in [2.45, 2.75) is 6.42 Å². The summed E-state index contributed by atoms with van der Waals surface area (Å²) in [6.07, 6.45) is 1.78. The van der Waals surface area contributed by atoms with Gasteiger partial charge in [0.05, 0.1) is 14.2 Å². The van der Waals surface area contributed by atoms with E-state index in [0.29, 0.717) is 5.88 Å². The van der Waals surface area contributed by atoms with E-state index in [-0.39, 0.29) is 0 Å². The Bertz CT molecular complexity index is 275. The molecule has 0 fully saturated rings. The fourth-order valence-electron chi connectivity index (χ4n) is 1.52. The van der Waals surface area contributed by atoms with Crippen LogP contribution in [-0.2, 0) is 9.05 Å².